The van der Waals surface area contributed by atoms with Crippen LogP contribution in [-0.2, 0) is 4.79 Å². The number of amides is 1. The molecule has 1 atom stereocenters. The summed E-state index contributed by atoms with van der Waals surface area (Å²) < 4.78 is 2.45. The van der Waals surface area contributed by atoms with Crippen LogP contribution in [0.25, 0.3) is 10.9 Å². The van der Waals surface area contributed by atoms with Crippen molar-refractivity contribution >= 4 is 38.4 Å². The lowest BCUT2D eigenvalue weighted by molar-refractivity contribution is -0.119. The number of carbonyl (C=O) groups is 1. The van der Waals surface area contributed by atoms with Crippen molar-refractivity contribution in [2.24, 2.45) is 0 Å². The van der Waals surface area contributed by atoms with Crippen molar-refractivity contribution in [3.05, 3.63) is 53.4 Å². The molecule has 3 rings (SSSR count). The fourth-order valence-corrected chi connectivity index (χ4v) is 2.39. The second-order valence-electron chi connectivity index (χ2n) is 4.68. The van der Waals surface area contributed by atoms with Crippen molar-refractivity contribution in [3.8, 4) is 0 Å². The van der Waals surface area contributed by atoms with Crippen LogP contribution in [0.5, 0.6) is 0 Å². The molecule has 0 radical (unpaired) electrons. The minimum atomic E-state index is -0.407. The van der Waals surface area contributed by atoms with Gasteiger partial charge in [-0.1, -0.05) is 18.2 Å². The number of aromatic nitrogens is 3. The molecular formula is C15H13BrN4O. The maximum atomic E-state index is 12.4. The number of anilines is 1. The van der Waals surface area contributed by atoms with Crippen molar-refractivity contribution in [1.29, 1.82) is 0 Å². The van der Waals surface area contributed by atoms with Gasteiger partial charge < -0.3 is 5.32 Å². The molecule has 1 N–H and O–H groups in total. The van der Waals surface area contributed by atoms with Gasteiger partial charge >= 0.3 is 0 Å². The van der Waals surface area contributed by atoms with Gasteiger partial charge in [-0.2, -0.15) is 5.10 Å². The van der Waals surface area contributed by atoms with Gasteiger partial charge in [0.2, 0.25) is 5.91 Å². The first-order valence-corrected chi connectivity index (χ1v) is 7.29. The fourth-order valence-electron chi connectivity index (χ4n) is 2.09. The maximum Gasteiger partial charge on any atom is 0.249 e. The smallest absolute Gasteiger partial charge is 0.249 e. The summed E-state index contributed by atoms with van der Waals surface area (Å²) in [7, 11) is 0. The normalized spacial score (nSPS) is 12.3. The number of fused-ring (bicyclic) bond motifs is 1. The second kappa shape index (κ2) is 5.65. The number of rotatable bonds is 3. The number of hydrogen-bond acceptors (Lipinski definition) is 3. The van der Waals surface area contributed by atoms with E-state index >= 15 is 0 Å². The number of nitrogens with zero attached hydrogens (tertiary/aromatic N) is 3. The number of carbonyl (C=O) groups excluding carboxylic acids is 1. The Hall–Kier alpha value is -2.21. The van der Waals surface area contributed by atoms with Crippen molar-refractivity contribution in [2.75, 3.05) is 5.32 Å². The van der Waals surface area contributed by atoms with Crippen LogP contribution in [-0.4, -0.2) is 20.7 Å². The minimum absolute atomic E-state index is 0.135. The molecule has 3 aromatic rings. The summed E-state index contributed by atoms with van der Waals surface area (Å²) in [6.45, 7) is 1.80. The van der Waals surface area contributed by atoms with Gasteiger partial charge in [0, 0.05) is 17.8 Å². The number of benzene rings is 1. The third-order valence-electron chi connectivity index (χ3n) is 3.24. The third kappa shape index (κ3) is 2.80. The maximum absolute atomic E-state index is 12.4. The van der Waals surface area contributed by atoms with Crippen LogP contribution in [0.15, 0.2) is 53.4 Å². The predicted octanol–water partition coefficient (Wildman–Crippen LogP) is 3.39. The van der Waals surface area contributed by atoms with Crippen LogP contribution in [0.3, 0.4) is 0 Å². The lowest BCUT2D eigenvalue weighted by atomic mass is 10.2. The average molecular weight is 345 g/mol. The molecule has 106 valence electrons. The highest BCUT2D eigenvalue weighted by Crippen LogP contribution is 2.22. The van der Waals surface area contributed by atoms with E-state index in [2.05, 4.69) is 31.3 Å². The van der Waals surface area contributed by atoms with Crippen LogP contribution >= 0.6 is 15.9 Å². The van der Waals surface area contributed by atoms with Crippen LogP contribution < -0.4 is 5.32 Å². The van der Waals surface area contributed by atoms with Crippen molar-refractivity contribution in [2.45, 2.75) is 13.0 Å². The average Bonchev–Trinajstić information content (AvgIpc) is 2.93. The summed E-state index contributed by atoms with van der Waals surface area (Å²) in [5.74, 6) is -0.135. The monoisotopic (exact) mass is 344 g/mol. The molecule has 0 unspecified atom stereocenters. The van der Waals surface area contributed by atoms with Crippen LogP contribution in [0.4, 0.5) is 5.69 Å². The first-order valence-electron chi connectivity index (χ1n) is 6.49. The molecule has 0 aliphatic heterocycles. The molecule has 6 heteroatoms. The Labute approximate surface area is 130 Å². The number of para-hydroxylation sites is 1. The van der Waals surface area contributed by atoms with E-state index in [9.17, 15) is 4.79 Å². The zero-order chi connectivity index (χ0) is 14.8. The van der Waals surface area contributed by atoms with Crippen LogP contribution in [0.1, 0.15) is 13.0 Å². The Morgan fingerprint density at radius 2 is 2.14 bits per heavy atom. The van der Waals surface area contributed by atoms with Crippen molar-refractivity contribution in [1.82, 2.24) is 14.8 Å². The van der Waals surface area contributed by atoms with Gasteiger partial charge in [-0.15, -0.1) is 0 Å². The van der Waals surface area contributed by atoms with E-state index in [0.717, 1.165) is 15.4 Å². The highest BCUT2D eigenvalue weighted by molar-refractivity contribution is 9.10. The Morgan fingerprint density at radius 3 is 2.90 bits per heavy atom. The van der Waals surface area contributed by atoms with E-state index in [-0.39, 0.29) is 5.91 Å². The van der Waals surface area contributed by atoms with Crippen LogP contribution in [0.2, 0.25) is 0 Å². The molecule has 0 saturated heterocycles. The van der Waals surface area contributed by atoms with Crippen molar-refractivity contribution in [3.63, 3.8) is 0 Å². The summed E-state index contributed by atoms with van der Waals surface area (Å²) in [5, 5.41) is 8.04. The Balaban J connectivity index is 1.86. The lowest BCUT2D eigenvalue weighted by Crippen LogP contribution is -2.24. The van der Waals surface area contributed by atoms with Gasteiger partial charge in [0.15, 0.2) is 0 Å². The quantitative estimate of drug-likeness (QED) is 0.792. The molecule has 2 aromatic heterocycles. The van der Waals surface area contributed by atoms with E-state index in [1.165, 1.54) is 0 Å². The Bertz CT molecular complexity index is 794. The molecule has 0 spiro atoms. The number of pyridine rings is 1. The molecule has 1 amide bonds. The second-order valence-corrected chi connectivity index (χ2v) is 5.60. The SMILES string of the molecule is C[C@@H](C(=O)Nc1cccc2cccnc12)n1cc(Br)cn1. The van der Waals surface area contributed by atoms with E-state index in [1.54, 1.807) is 30.2 Å². The van der Waals surface area contributed by atoms with E-state index in [1.807, 2.05) is 30.3 Å². The van der Waals surface area contributed by atoms with E-state index in [0.29, 0.717) is 5.69 Å². The summed E-state index contributed by atoms with van der Waals surface area (Å²) >= 11 is 3.32. The summed E-state index contributed by atoms with van der Waals surface area (Å²) in [6.07, 6.45) is 5.14. The molecular weight excluding hydrogens is 332 g/mol. The lowest BCUT2D eigenvalue weighted by Gasteiger charge is -2.13. The van der Waals surface area contributed by atoms with Gasteiger partial charge in [-0.3, -0.25) is 14.5 Å². The van der Waals surface area contributed by atoms with Gasteiger partial charge in [0.1, 0.15) is 6.04 Å². The number of nitrogens with one attached hydrogen (secondary N) is 1. The predicted molar refractivity (Wildman–Crippen MR) is 85.0 cm³/mol. The van der Waals surface area contributed by atoms with Gasteiger partial charge in [0.25, 0.3) is 0 Å². The van der Waals surface area contributed by atoms with Gasteiger partial charge in [0.05, 0.1) is 21.9 Å². The summed E-state index contributed by atoms with van der Waals surface area (Å²) in [4.78, 5) is 16.7. The third-order valence-corrected chi connectivity index (χ3v) is 3.65. The minimum Gasteiger partial charge on any atom is -0.322 e. The van der Waals surface area contributed by atoms with E-state index in [4.69, 9.17) is 0 Å². The summed E-state index contributed by atoms with van der Waals surface area (Å²) in [5.41, 5.74) is 1.48. The van der Waals surface area contributed by atoms with Gasteiger partial charge in [-0.05, 0) is 35.0 Å². The van der Waals surface area contributed by atoms with Gasteiger partial charge in [-0.25, -0.2) is 0 Å². The number of hydrogen-bond donors (Lipinski definition) is 1. The highest BCUT2D eigenvalue weighted by Gasteiger charge is 2.17. The zero-order valence-electron chi connectivity index (χ0n) is 11.3. The molecule has 0 aliphatic carbocycles. The molecule has 2 heterocycles. The first-order chi connectivity index (χ1) is 10.1. The molecule has 5 nitrogen and oxygen atoms in total. The van der Waals surface area contributed by atoms with E-state index < -0.39 is 6.04 Å². The molecule has 0 fully saturated rings. The summed E-state index contributed by atoms with van der Waals surface area (Å²) in [6, 6.07) is 9.14. The molecule has 0 saturated carbocycles. The Kier molecular flexibility index (Phi) is 3.70. The fraction of sp³-hybridized carbons (Fsp3) is 0.133. The molecule has 0 aliphatic rings. The standard InChI is InChI=1S/C15H13BrN4O/c1-10(20-9-12(16)8-18-20)15(21)19-13-6-2-4-11-5-3-7-17-14(11)13/h2-10H,1H3,(H,19,21)/t10-/m0/s1. The zero-order valence-corrected chi connectivity index (χ0v) is 12.9. The highest BCUT2D eigenvalue weighted by atomic mass is 79.9. The number of halogens is 1. The molecule has 21 heavy (non-hydrogen) atoms. The molecule has 0 bridgehead atoms. The molecule has 1 aromatic carbocycles. The van der Waals surface area contributed by atoms with Crippen molar-refractivity contribution < 1.29 is 4.79 Å². The van der Waals surface area contributed by atoms with Crippen LogP contribution in [0, 0.1) is 0 Å². The first kappa shape index (κ1) is 13.8. The Morgan fingerprint density at radius 1 is 1.33 bits per heavy atom. The largest absolute Gasteiger partial charge is 0.322 e. The topological polar surface area (TPSA) is 59.8 Å².